The first-order valence-electron chi connectivity index (χ1n) is 2.92. The van der Waals surface area contributed by atoms with E-state index in [1.165, 1.54) is 11.3 Å². The minimum atomic E-state index is 0.955. The molecule has 3 heteroatoms. The predicted molar refractivity (Wildman–Crippen MR) is 39.9 cm³/mol. The van der Waals surface area contributed by atoms with Gasteiger partial charge in [0.05, 0.1) is 5.69 Å². The highest BCUT2D eigenvalue weighted by atomic mass is 32.1. The number of nitrogens with one attached hydrogen (secondary N) is 1. The summed E-state index contributed by atoms with van der Waals surface area (Å²) in [6.07, 6.45) is 0. The Labute approximate surface area is 58.9 Å². The molecule has 0 aliphatic carbocycles. The molecule has 0 atom stereocenters. The molecule has 0 saturated carbocycles. The molecule has 1 aromatic rings. The molecule has 0 amide bonds. The fraction of sp³-hybridized carbons (Fsp3) is 0.500. The second-order valence-corrected chi connectivity index (χ2v) is 2.54. The molecule has 0 aromatic carbocycles. The third-order valence-corrected chi connectivity index (χ3v) is 1.85. The molecule has 0 saturated heterocycles. The summed E-state index contributed by atoms with van der Waals surface area (Å²) in [6, 6.07) is 0. The van der Waals surface area contributed by atoms with Crippen LogP contribution in [0.3, 0.4) is 0 Å². The zero-order valence-corrected chi connectivity index (χ0v) is 6.38. The van der Waals surface area contributed by atoms with Crippen molar-refractivity contribution in [2.75, 3.05) is 11.9 Å². The lowest BCUT2D eigenvalue weighted by Gasteiger charge is -1.96. The second kappa shape index (κ2) is 2.82. The Kier molecular flexibility index (Phi) is 2.05. The maximum absolute atomic E-state index is 3.97. The van der Waals surface area contributed by atoms with Crippen molar-refractivity contribution in [3.8, 4) is 0 Å². The first-order chi connectivity index (χ1) is 4.34. The summed E-state index contributed by atoms with van der Waals surface area (Å²) in [4.78, 5) is 3.97. The Morgan fingerprint density at radius 3 is 3.00 bits per heavy atom. The van der Waals surface area contributed by atoms with Crippen molar-refractivity contribution in [2.45, 2.75) is 13.8 Å². The second-order valence-electron chi connectivity index (χ2n) is 1.75. The molecule has 1 N–H and O–H groups in total. The van der Waals surface area contributed by atoms with Gasteiger partial charge in [0.15, 0.2) is 5.51 Å². The molecular formula is C6H9N2S. The molecule has 9 heavy (non-hydrogen) atoms. The number of nitrogens with zero attached hydrogens (tertiary/aromatic N) is 1. The molecule has 0 aliphatic rings. The van der Waals surface area contributed by atoms with Crippen LogP contribution < -0.4 is 5.32 Å². The van der Waals surface area contributed by atoms with Gasteiger partial charge in [-0.25, -0.2) is 4.98 Å². The van der Waals surface area contributed by atoms with Gasteiger partial charge in [-0.1, -0.05) is 11.3 Å². The SMILES string of the molecule is CCNc1s[c]nc1C. The number of thiazole rings is 1. The largest absolute Gasteiger partial charge is 0.376 e. The molecule has 2 nitrogen and oxygen atoms in total. The summed E-state index contributed by atoms with van der Waals surface area (Å²) in [5.41, 5.74) is 3.86. The number of aromatic nitrogens is 1. The van der Waals surface area contributed by atoms with Crippen molar-refractivity contribution in [2.24, 2.45) is 0 Å². The van der Waals surface area contributed by atoms with Crippen molar-refractivity contribution in [1.82, 2.24) is 4.98 Å². The highest BCUT2D eigenvalue weighted by Crippen LogP contribution is 2.17. The third-order valence-electron chi connectivity index (χ3n) is 1.03. The van der Waals surface area contributed by atoms with Gasteiger partial charge in [0.2, 0.25) is 0 Å². The normalized spacial score (nSPS) is 9.56. The van der Waals surface area contributed by atoms with E-state index >= 15 is 0 Å². The molecule has 1 radical (unpaired) electrons. The van der Waals surface area contributed by atoms with Crippen LogP contribution in [0.1, 0.15) is 12.6 Å². The Bertz CT molecular complexity index is 183. The first kappa shape index (κ1) is 6.55. The lowest BCUT2D eigenvalue weighted by Crippen LogP contribution is -1.94. The van der Waals surface area contributed by atoms with Crippen molar-refractivity contribution < 1.29 is 0 Å². The number of aryl methyl sites for hydroxylation is 1. The van der Waals surface area contributed by atoms with E-state index in [2.05, 4.69) is 22.7 Å². The van der Waals surface area contributed by atoms with E-state index in [9.17, 15) is 0 Å². The summed E-state index contributed by atoms with van der Waals surface area (Å²) >= 11 is 1.53. The van der Waals surface area contributed by atoms with Crippen molar-refractivity contribution in [3.05, 3.63) is 11.2 Å². The highest BCUT2D eigenvalue weighted by molar-refractivity contribution is 7.13. The molecule has 0 fully saturated rings. The van der Waals surface area contributed by atoms with Gasteiger partial charge in [0, 0.05) is 6.54 Å². The molecule has 49 valence electrons. The highest BCUT2D eigenvalue weighted by Gasteiger charge is 1.96. The minimum Gasteiger partial charge on any atom is -0.376 e. The Morgan fingerprint density at radius 2 is 2.56 bits per heavy atom. The van der Waals surface area contributed by atoms with Gasteiger partial charge in [-0.2, -0.15) is 0 Å². The Morgan fingerprint density at radius 1 is 1.78 bits per heavy atom. The Balaban J connectivity index is 2.69. The average Bonchev–Trinajstić information content (AvgIpc) is 2.18. The van der Waals surface area contributed by atoms with Crippen LogP contribution in [0.15, 0.2) is 0 Å². The first-order valence-corrected chi connectivity index (χ1v) is 3.73. The fourth-order valence-corrected chi connectivity index (χ4v) is 1.27. The molecule has 0 bridgehead atoms. The van der Waals surface area contributed by atoms with Gasteiger partial charge < -0.3 is 5.32 Å². The van der Waals surface area contributed by atoms with Crippen LogP contribution in [-0.2, 0) is 0 Å². The molecule has 1 heterocycles. The zero-order chi connectivity index (χ0) is 6.69. The standard InChI is InChI=1S/C6H9N2S/c1-3-7-6-5(2)8-4-9-6/h7H,3H2,1-2H3. The maximum atomic E-state index is 3.97. The van der Waals surface area contributed by atoms with Gasteiger partial charge in [0.25, 0.3) is 0 Å². The molecule has 0 spiro atoms. The van der Waals surface area contributed by atoms with E-state index in [0.29, 0.717) is 0 Å². The number of rotatable bonds is 2. The molecule has 1 rings (SSSR count). The van der Waals surface area contributed by atoms with Crippen LogP contribution in [-0.4, -0.2) is 11.5 Å². The van der Waals surface area contributed by atoms with E-state index in [1.807, 2.05) is 6.92 Å². The van der Waals surface area contributed by atoms with E-state index < -0.39 is 0 Å². The molecule has 0 unspecified atom stereocenters. The van der Waals surface area contributed by atoms with Crippen molar-refractivity contribution in [3.63, 3.8) is 0 Å². The maximum Gasteiger partial charge on any atom is 0.154 e. The van der Waals surface area contributed by atoms with Gasteiger partial charge in [0.1, 0.15) is 5.00 Å². The topological polar surface area (TPSA) is 24.9 Å². The van der Waals surface area contributed by atoms with Gasteiger partial charge in [-0.15, -0.1) is 0 Å². The van der Waals surface area contributed by atoms with Crippen LogP contribution in [0.5, 0.6) is 0 Å². The van der Waals surface area contributed by atoms with E-state index in [-0.39, 0.29) is 0 Å². The van der Waals surface area contributed by atoms with E-state index in [0.717, 1.165) is 17.2 Å². The number of hydrogen-bond acceptors (Lipinski definition) is 3. The summed E-state index contributed by atoms with van der Waals surface area (Å²) in [6.45, 7) is 5.00. The van der Waals surface area contributed by atoms with Crippen molar-refractivity contribution >= 4 is 16.3 Å². The average molecular weight is 141 g/mol. The van der Waals surface area contributed by atoms with Crippen LogP contribution in [0.4, 0.5) is 5.00 Å². The number of anilines is 1. The fourth-order valence-electron chi connectivity index (χ4n) is 0.586. The summed E-state index contributed by atoms with van der Waals surface area (Å²) in [5.74, 6) is 0. The summed E-state index contributed by atoms with van der Waals surface area (Å²) in [5, 5.41) is 4.32. The quantitative estimate of drug-likeness (QED) is 0.677. The van der Waals surface area contributed by atoms with E-state index in [1.54, 1.807) is 0 Å². The monoisotopic (exact) mass is 141 g/mol. The smallest absolute Gasteiger partial charge is 0.154 e. The van der Waals surface area contributed by atoms with Crippen LogP contribution in [0.25, 0.3) is 0 Å². The van der Waals surface area contributed by atoms with Crippen molar-refractivity contribution in [1.29, 1.82) is 0 Å². The van der Waals surface area contributed by atoms with E-state index in [4.69, 9.17) is 0 Å². The minimum absolute atomic E-state index is 0.955. The zero-order valence-electron chi connectivity index (χ0n) is 5.56. The summed E-state index contributed by atoms with van der Waals surface area (Å²) in [7, 11) is 0. The van der Waals surface area contributed by atoms with Gasteiger partial charge in [-0.05, 0) is 13.8 Å². The van der Waals surface area contributed by atoms with Crippen LogP contribution in [0.2, 0.25) is 0 Å². The van der Waals surface area contributed by atoms with Gasteiger partial charge >= 0.3 is 0 Å². The van der Waals surface area contributed by atoms with Crippen LogP contribution >= 0.6 is 11.3 Å². The van der Waals surface area contributed by atoms with Crippen LogP contribution in [0, 0.1) is 12.4 Å². The lowest BCUT2D eigenvalue weighted by atomic mass is 10.5. The summed E-state index contributed by atoms with van der Waals surface area (Å²) < 4.78 is 0. The number of hydrogen-bond donors (Lipinski definition) is 1. The van der Waals surface area contributed by atoms with Gasteiger partial charge in [-0.3, -0.25) is 0 Å². The molecule has 1 aromatic heterocycles. The Hall–Kier alpha value is -0.570. The molecular weight excluding hydrogens is 132 g/mol. The predicted octanol–water partition coefficient (Wildman–Crippen LogP) is 1.68. The molecule has 0 aliphatic heterocycles. The third kappa shape index (κ3) is 1.42. The lowest BCUT2D eigenvalue weighted by molar-refractivity contribution is 1.19.